The second-order valence-electron chi connectivity index (χ2n) is 5.57. The molecule has 2 aromatic rings. The highest BCUT2D eigenvalue weighted by Gasteiger charge is 2.19. The van der Waals surface area contributed by atoms with Crippen LogP contribution in [0.5, 0.6) is 0 Å². The predicted molar refractivity (Wildman–Crippen MR) is 82.3 cm³/mol. The number of hydrogen-bond acceptors (Lipinski definition) is 3. The van der Waals surface area contributed by atoms with Crippen LogP contribution in [0.3, 0.4) is 0 Å². The van der Waals surface area contributed by atoms with Crippen LogP contribution in [-0.2, 0) is 13.1 Å². The van der Waals surface area contributed by atoms with Crippen LogP contribution in [-0.4, -0.2) is 34.0 Å². The molecule has 5 nitrogen and oxygen atoms in total. The molecular weight excluding hydrogens is 264 g/mol. The Bertz CT molecular complexity index is 621. The quantitative estimate of drug-likeness (QED) is 0.940. The molecule has 3 rings (SSSR count). The molecule has 1 N–H and O–H groups in total. The summed E-state index contributed by atoms with van der Waals surface area (Å²) >= 11 is 0. The number of imidazole rings is 1. The summed E-state index contributed by atoms with van der Waals surface area (Å²) < 4.78 is 2.01. The van der Waals surface area contributed by atoms with Crippen molar-refractivity contribution < 1.29 is 4.79 Å². The summed E-state index contributed by atoms with van der Waals surface area (Å²) in [6, 6.07) is 8.23. The second kappa shape index (κ2) is 5.60. The van der Waals surface area contributed by atoms with Gasteiger partial charge < -0.3 is 14.8 Å². The van der Waals surface area contributed by atoms with E-state index < -0.39 is 0 Å². The van der Waals surface area contributed by atoms with E-state index in [0.29, 0.717) is 12.2 Å². The maximum Gasteiger partial charge on any atom is 0.274 e. The van der Waals surface area contributed by atoms with Crippen molar-refractivity contribution in [2.75, 3.05) is 18.9 Å². The molecule has 1 aliphatic heterocycles. The van der Waals surface area contributed by atoms with Gasteiger partial charge in [-0.2, -0.15) is 0 Å². The first-order valence-corrected chi connectivity index (χ1v) is 7.25. The van der Waals surface area contributed by atoms with Gasteiger partial charge in [-0.3, -0.25) is 4.79 Å². The highest BCUT2D eigenvalue weighted by Crippen LogP contribution is 2.16. The molecule has 2 heterocycles. The van der Waals surface area contributed by atoms with Gasteiger partial charge in [0.25, 0.3) is 5.91 Å². The van der Waals surface area contributed by atoms with Crippen molar-refractivity contribution >= 4 is 11.9 Å². The van der Waals surface area contributed by atoms with Crippen LogP contribution >= 0.6 is 0 Å². The number of carbonyl (C=O) groups is 1. The Labute approximate surface area is 124 Å². The summed E-state index contributed by atoms with van der Waals surface area (Å²) in [5, 5.41) is 3.21. The summed E-state index contributed by atoms with van der Waals surface area (Å²) in [5.74, 6) is 0.757. The molecule has 0 atom stereocenters. The van der Waals surface area contributed by atoms with E-state index in [1.807, 2.05) is 17.8 Å². The fourth-order valence-electron chi connectivity index (χ4n) is 2.51. The number of carbonyl (C=O) groups excluding carboxylic acids is 1. The van der Waals surface area contributed by atoms with Gasteiger partial charge in [0.1, 0.15) is 5.69 Å². The number of fused-ring (bicyclic) bond motifs is 1. The number of rotatable bonds is 3. The van der Waals surface area contributed by atoms with Crippen LogP contribution in [0.2, 0.25) is 0 Å². The van der Waals surface area contributed by atoms with E-state index in [1.54, 1.807) is 4.90 Å². The van der Waals surface area contributed by atoms with Gasteiger partial charge in [-0.05, 0) is 18.9 Å². The van der Waals surface area contributed by atoms with E-state index in [4.69, 9.17) is 0 Å². The van der Waals surface area contributed by atoms with E-state index in [-0.39, 0.29) is 5.91 Å². The zero-order valence-electron chi connectivity index (χ0n) is 12.5. The fraction of sp³-hybridized carbons (Fsp3) is 0.375. The van der Waals surface area contributed by atoms with Crippen molar-refractivity contribution in [1.29, 1.82) is 0 Å². The maximum atomic E-state index is 12.5. The predicted octanol–water partition coefficient (Wildman–Crippen LogP) is 2.28. The molecule has 0 fully saturated rings. The number of aromatic nitrogens is 2. The minimum atomic E-state index is -0.0423. The Balaban J connectivity index is 1.72. The summed E-state index contributed by atoms with van der Waals surface area (Å²) in [6.07, 6.45) is 2.91. The average Bonchev–Trinajstić information content (AvgIpc) is 2.92. The van der Waals surface area contributed by atoms with Crippen LogP contribution in [0.4, 0.5) is 5.95 Å². The van der Waals surface area contributed by atoms with Crippen molar-refractivity contribution in [3.8, 4) is 0 Å². The number of aryl methyl sites for hydroxylation is 2. The summed E-state index contributed by atoms with van der Waals surface area (Å²) in [5.41, 5.74) is 2.85. The molecule has 0 saturated heterocycles. The standard InChI is InChI=1S/C16H20N4O/c1-12-4-6-13(7-5-12)10-19(2)15(21)14-11-20-9-3-8-17-16(20)18-14/h4-7,11H,3,8-10H2,1-2H3,(H,17,18). The van der Waals surface area contributed by atoms with E-state index in [0.717, 1.165) is 31.0 Å². The van der Waals surface area contributed by atoms with Crippen molar-refractivity contribution in [2.24, 2.45) is 0 Å². The first-order chi connectivity index (χ1) is 10.1. The number of amides is 1. The molecule has 0 saturated carbocycles. The lowest BCUT2D eigenvalue weighted by Crippen LogP contribution is -2.26. The molecule has 110 valence electrons. The highest BCUT2D eigenvalue weighted by molar-refractivity contribution is 5.92. The third-order valence-corrected chi connectivity index (χ3v) is 3.74. The lowest BCUT2D eigenvalue weighted by molar-refractivity contribution is 0.0780. The molecule has 21 heavy (non-hydrogen) atoms. The van der Waals surface area contributed by atoms with Crippen molar-refractivity contribution in [3.63, 3.8) is 0 Å². The van der Waals surface area contributed by atoms with Crippen LogP contribution in [0, 0.1) is 6.92 Å². The van der Waals surface area contributed by atoms with Crippen LogP contribution in [0.15, 0.2) is 30.5 Å². The zero-order chi connectivity index (χ0) is 14.8. The van der Waals surface area contributed by atoms with Gasteiger partial charge in [0.15, 0.2) is 0 Å². The van der Waals surface area contributed by atoms with Gasteiger partial charge in [0, 0.05) is 32.9 Å². The van der Waals surface area contributed by atoms with Crippen molar-refractivity contribution in [3.05, 3.63) is 47.3 Å². The molecule has 0 radical (unpaired) electrons. The largest absolute Gasteiger partial charge is 0.356 e. The van der Waals surface area contributed by atoms with Crippen molar-refractivity contribution in [1.82, 2.24) is 14.5 Å². The Morgan fingerprint density at radius 3 is 2.86 bits per heavy atom. The molecule has 0 spiro atoms. The SMILES string of the molecule is Cc1ccc(CN(C)C(=O)c2cn3c(n2)NCCC3)cc1. The first-order valence-electron chi connectivity index (χ1n) is 7.25. The van der Waals surface area contributed by atoms with Gasteiger partial charge in [0.2, 0.25) is 5.95 Å². The fourth-order valence-corrected chi connectivity index (χ4v) is 2.51. The van der Waals surface area contributed by atoms with Crippen molar-refractivity contribution in [2.45, 2.75) is 26.4 Å². The summed E-state index contributed by atoms with van der Waals surface area (Å²) in [6.45, 7) is 4.49. The molecule has 1 aliphatic rings. The van der Waals surface area contributed by atoms with Gasteiger partial charge in [0.05, 0.1) is 0 Å². The second-order valence-corrected chi connectivity index (χ2v) is 5.57. The minimum absolute atomic E-state index is 0.0423. The molecule has 1 amide bonds. The summed E-state index contributed by atoms with van der Waals surface area (Å²) in [4.78, 5) is 18.6. The topological polar surface area (TPSA) is 50.2 Å². The van der Waals surface area contributed by atoms with Crippen LogP contribution < -0.4 is 5.32 Å². The smallest absolute Gasteiger partial charge is 0.274 e. The van der Waals surface area contributed by atoms with E-state index in [2.05, 4.69) is 41.5 Å². The number of nitrogens with zero attached hydrogens (tertiary/aromatic N) is 3. The molecular formula is C16H20N4O. The zero-order valence-corrected chi connectivity index (χ0v) is 12.5. The van der Waals surface area contributed by atoms with Crippen LogP contribution in [0.25, 0.3) is 0 Å². The third-order valence-electron chi connectivity index (χ3n) is 3.74. The Kier molecular flexibility index (Phi) is 3.64. The molecule has 5 heteroatoms. The Morgan fingerprint density at radius 2 is 2.14 bits per heavy atom. The molecule has 0 bridgehead atoms. The monoisotopic (exact) mass is 284 g/mol. The molecule has 1 aromatic carbocycles. The average molecular weight is 284 g/mol. The van der Waals surface area contributed by atoms with Gasteiger partial charge >= 0.3 is 0 Å². The normalized spacial score (nSPS) is 13.4. The number of benzene rings is 1. The number of anilines is 1. The van der Waals surface area contributed by atoms with E-state index in [9.17, 15) is 4.79 Å². The molecule has 0 aliphatic carbocycles. The first kappa shape index (κ1) is 13.7. The number of nitrogens with one attached hydrogen (secondary N) is 1. The van der Waals surface area contributed by atoms with E-state index >= 15 is 0 Å². The van der Waals surface area contributed by atoms with E-state index in [1.165, 1.54) is 5.56 Å². The third kappa shape index (κ3) is 2.91. The minimum Gasteiger partial charge on any atom is -0.356 e. The van der Waals surface area contributed by atoms with Crippen LogP contribution in [0.1, 0.15) is 28.0 Å². The Hall–Kier alpha value is -2.30. The van der Waals surface area contributed by atoms with Gasteiger partial charge in [-0.1, -0.05) is 29.8 Å². The van der Waals surface area contributed by atoms with Gasteiger partial charge in [-0.15, -0.1) is 0 Å². The lowest BCUT2D eigenvalue weighted by atomic mass is 10.1. The number of hydrogen-bond donors (Lipinski definition) is 1. The van der Waals surface area contributed by atoms with Gasteiger partial charge in [-0.25, -0.2) is 4.98 Å². The molecule has 1 aromatic heterocycles. The Morgan fingerprint density at radius 1 is 1.38 bits per heavy atom. The highest BCUT2D eigenvalue weighted by atomic mass is 16.2. The summed E-state index contributed by atoms with van der Waals surface area (Å²) in [7, 11) is 1.81. The maximum absolute atomic E-state index is 12.5. The lowest BCUT2D eigenvalue weighted by Gasteiger charge is -2.16. The molecule has 0 unspecified atom stereocenters.